The summed E-state index contributed by atoms with van der Waals surface area (Å²) in [5.74, 6) is 0. The van der Waals surface area contributed by atoms with Gasteiger partial charge < -0.3 is 0 Å². The third-order valence-corrected chi connectivity index (χ3v) is 1.14. The fourth-order valence-electron chi connectivity index (χ4n) is 0.642. The van der Waals surface area contributed by atoms with Crippen molar-refractivity contribution in [1.29, 1.82) is 0 Å². The molecule has 0 unspecified atom stereocenters. The van der Waals surface area contributed by atoms with Crippen LogP contribution in [0.2, 0.25) is 0 Å². The van der Waals surface area contributed by atoms with Crippen LogP contribution in [0.15, 0.2) is 11.0 Å². The zero-order valence-electron chi connectivity index (χ0n) is 6.21. The van der Waals surface area contributed by atoms with E-state index in [1.807, 2.05) is 0 Å². The quantitative estimate of drug-likeness (QED) is 0.414. The second kappa shape index (κ2) is 4.23. The average Bonchev–Trinajstić information content (AvgIpc) is 2.05. The molecule has 9 heteroatoms. The first-order valence-corrected chi connectivity index (χ1v) is 3.17. The molecule has 0 aliphatic heterocycles. The Morgan fingerprint density at radius 2 is 2.25 bits per heavy atom. The summed E-state index contributed by atoms with van der Waals surface area (Å²) >= 11 is 0. The lowest BCUT2D eigenvalue weighted by Gasteiger charge is -1.99. The van der Waals surface area contributed by atoms with Crippen LogP contribution in [0.4, 0.5) is 0 Å². The van der Waals surface area contributed by atoms with Crippen LogP contribution < -0.4 is 11.3 Å². The highest BCUT2D eigenvalue weighted by atomic mass is 16.1. The van der Waals surface area contributed by atoms with Gasteiger partial charge in [0.1, 0.15) is 7.17 Å². The summed E-state index contributed by atoms with van der Waals surface area (Å²) < 4.78 is 0.924. The van der Waals surface area contributed by atoms with E-state index in [4.69, 9.17) is 15.5 Å². The lowest BCUT2D eigenvalue weighted by Crippen LogP contribution is -2.38. The van der Waals surface area contributed by atoms with Crippen LogP contribution in [-0.4, -0.2) is 51.7 Å². The highest BCUT2D eigenvalue weighted by Crippen LogP contribution is 1.62. The maximum Gasteiger partial charge on any atom is 0.349 e. The highest BCUT2D eigenvalue weighted by molar-refractivity contribution is 7.27. The Bertz CT molecular complexity index is 313. The van der Waals surface area contributed by atoms with E-state index in [9.17, 15) is 4.79 Å². The molecule has 0 saturated heterocycles. The number of aromatic nitrogens is 3. The van der Waals surface area contributed by atoms with E-state index in [0.717, 1.165) is 11.9 Å². The van der Waals surface area contributed by atoms with Gasteiger partial charge in [-0.15, -0.1) is 0 Å². The molecule has 1 aromatic rings. The minimum atomic E-state index is -0.534. The molecule has 0 saturated carbocycles. The minimum Gasteiger partial charge on any atom is -0.280 e. The Balaban J connectivity index is 2.94. The smallest absolute Gasteiger partial charge is 0.280 e. The second-order valence-corrected chi connectivity index (χ2v) is 1.92. The van der Waals surface area contributed by atoms with Crippen molar-refractivity contribution in [1.82, 2.24) is 14.7 Å². The van der Waals surface area contributed by atoms with Crippen LogP contribution >= 0.6 is 0 Å². The summed E-state index contributed by atoms with van der Waals surface area (Å²) in [6, 6.07) is 0. The lowest BCUT2D eigenvalue weighted by molar-refractivity contribution is 0.850. The van der Waals surface area contributed by atoms with Gasteiger partial charge in [0.05, 0.1) is 6.20 Å². The first-order valence-electron chi connectivity index (χ1n) is 3.17. The van der Waals surface area contributed by atoms with Crippen LogP contribution in [0.1, 0.15) is 0 Å². The zero-order chi connectivity index (χ0) is 8.97. The number of hydrogen-bond donors (Lipinski definition) is 0. The molecule has 4 nitrogen and oxygen atoms in total. The average molecular weight is 149 g/mol. The molecule has 0 fully saturated rings. The fraction of sp³-hybridized carbons (Fsp3) is 0. The van der Waals surface area contributed by atoms with Crippen LogP contribution in [0.25, 0.3) is 0 Å². The van der Waals surface area contributed by atoms with Gasteiger partial charge in [0, 0.05) is 28.1 Å². The second-order valence-electron chi connectivity index (χ2n) is 1.92. The van der Waals surface area contributed by atoms with Gasteiger partial charge in [0.25, 0.3) is 0 Å². The fourth-order valence-corrected chi connectivity index (χ4v) is 0.642. The van der Waals surface area contributed by atoms with Gasteiger partial charge in [0.2, 0.25) is 7.31 Å². The van der Waals surface area contributed by atoms with E-state index in [1.54, 1.807) is 0 Å². The molecule has 0 spiro atoms. The lowest BCUT2D eigenvalue weighted by atomic mass is 9.27. The minimum absolute atomic E-state index is 0.403. The Hall–Kier alpha value is -0.865. The predicted molar refractivity (Wildman–Crippen MR) is 50.1 cm³/mol. The zero-order valence-corrected chi connectivity index (χ0v) is 6.21. The molecule has 0 aliphatic rings. The van der Waals surface area contributed by atoms with Crippen molar-refractivity contribution in [2.24, 2.45) is 0 Å². The molecule has 0 N–H and O–H groups in total. The van der Waals surface area contributed by atoms with Gasteiger partial charge in [-0.2, -0.15) is 5.10 Å². The largest absolute Gasteiger partial charge is 0.349 e. The van der Waals surface area contributed by atoms with Crippen molar-refractivity contribution in [3.63, 3.8) is 0 Å². The molecular weight excluding hydrogens is 148 g/mol. The van der Waals surface area contributed by atoms with Gasteiger partial charge >= 0.3 is 5.69 Å². The van der Waals surface area contributed by atoms with Crippen molar-refractivity contribution >= 4 is 42.6 Å². The van der Waals surface area contributed by atoms with Crippen LogP contribution in [0, 0.1) is 0 Å². The third kappa shape index (κ3) is 2.06. The summed E-state index contributed by atoms with van der Waals surface area (Å²) in [6.45, 7) is 0. The van der Waals surface area contributed by atoms with Crippen LogP contribution in [0.5, 0.6) is 0 Å². The molecular formula is C3HB5N3O. The molecule has 0 amide bonds. The molecule has 0 bridgehead atoms. The van der Waals surface area contributed by atoms with Crippen molar-refractivity contribution < 1.29 is 0 Å². The maximum atomic E-state index is 10.9. The number of nitrogens with zero attached hydrogens (tertiary/aromatic N) is 3. The monoisotopic (exact) mass is 150 g/mol. The van der Waals surface area contributed by atoms with E-state index in [0.29, 0.717) is 5.59 Å². The first kappa shape index (κ1) is 9.22. The van der Waals surface area contributed by atoms with Crippen molar-refractivity contribution in [2.75, 3.05) is 0 Å². The van der Waals surface area contributed by atoms with Crippen LogP contribution in [0.3, 0.4) is 0 Å². The van der Waals surface area contributed by atoms with Crippen molar-refractivity contribution in [3.8, 4) is 0 Å². The van der Waals surface area contributed by atoms with E-state index >= 15 is 0 Å². The number of rotatable bonds is 3. The summed E-state index contributed by atoms with van der Waals surface area (Å²) in [4.78, 5) is 14.5. The first-order chi connectivity index (χ1) is 5.77. The Labute approximate surface area is 74.7 Å². The normalized spacial score (nSPS) is 9.00. The summed E-state index contributed by atoms with van der Waals surface area (Å²) in [5.41, 5.74) is -0.131. The van der Waals surface area contributed by atoms with Crippen molar-refractivity contribution in [3.05, 3.63) is 16.7 Å². The van der Waals surface area contributed by atoms with Gasteiger partial charge in [-0.3, -0.25) is 4.59 Å². The topological polar surface area (TPSA) is 47.8 Å². The molecule has 0 aliphatic carbocycles. The summed E-state index contributed by atoms with van der Waals surface area (Å²) in [6.07, 6.45) is 1.38. The van der Waals surface area contributed by atoms with Gasteiger partial charge in [-0.1, -0.05) is 0 Å². The predicted octanol–water partition coefficient (Wildman–Crippen LogP) is -3.78. The Morgan fingerprint density at radius 1 is 1.50 bits per heavy atom. The molecule has 0 aromatic carbocycles. The highest BCUT2D eigenvalue weighted by Gasteiger charge is 1.99. The third-order valence-electron chi connectivity index (χ3n) is 1.14. The van der Waals surface area contributed by atoms with Gasteiger partial charge in [0.15, 0.2) is 0 Å². The van der Waals surface area contributed by atoms with Crippen LogP contribution in [-0.2, 0) is 0 Å². The molecule has 0 atom stereocenters. The molecule has 1 heterocycles. The van der Waals surface area contributed by atoms with E-state index < -0.39 is 5.69 Å². The number of hydrogen-bond acceptors (Lipinski definition) is 3. The molecule has 1 aromatic heterocycles. The van der Waals surface area contributed by atoms with E-state index in [-0.39, 0.29) is 0 Å². The Kier molecular flexibility index (Phi) is 3.25. The maximum absolute atomic E-state index is 10.9. The summed E-state index contributed by atoms with van der Waals surface area (Å²) in [7, 11) is 13.9. The standard InChI is InChI=1S/C3HB5N3O/c4-7-6-2-1-9-11(8-5)3(12)10-2/h1H. The van der Waals surface area contributed by atoms with E-state index in [1.165, 1.54) is 20.4 Å². The molecule has 49 valence electrons. The molecule has 1 rings (SSSR count). The van der Waals surface area contributed by atoms with Crippen molar-refractivity contribution in [2.45, 2.75) is 0 Å². The summed E-state index contributed by atoms with van der Waals surface area (Å²) in [5, 5.41) is 3.67. The van der Waals surface area contributed by atoms with Gasteiger partial charge in [-0.25, -0.2) is 9.78 Å². The SMILES string of the molecule is [B][B][B]c1cnn([B][B])c(=O)n1. The molecule has 12 heavy (non-hydrogen) atoms. The van der Waals surface area contributed by atoms with E-state index in [2.05, 4.69) is 10.1 Å². The molecule has 7 radical (unpaired) electrons. The Morgan fingerprint density at radius 3 is 2.75 bits per heavy atom. The van der Waals surface area contributed by atoms with Gasteiger partial charge in [-0.05, 0) is 0 Å².